The third-order valence-corrected chi connectivity index (χ3v) is 6.53. The SMILES string of the molecule is Cc1nc(C#N)c(N2CCN(C(=O)CSc3nc4ccccc4n3-c3ccccc3)CC2)o1. The maximum atomic E-state index is 13.0. The molecule has 1 aliphatic rings. The molecular formula is C24H22N6O2S. The number of nitriles is 1. The van der Waals surface area contributed by atoms with E-state index < -0.39 is 0 Å². The van der Waals surface area contributed by atoms with Crippen LogP contribution in [0, 0.1) is 18.3 Å². The van der Waals surface area contributed by atoms with Gasteiger partial charge in [-0.1, -0.05) is 42.1 Å². The standard InChI is InChI=1S/C24H22N6O2S/c1-17-26-20(15-25)23(32-17)29-13-11-28(12-14-29)22(31)16-33-24-27-19-9-5-6-10-21(19)30(24)18-7-3-2-4-8-18/h2-10H,11-14,16H2,1H3. The molecule has 2 aromatic carbocycles. The number of benzene rings is 2. The van der Waals surface area contributed by atoms with Gasteiger partial charge in [0.05, 0.1) is 16.8 Å². The fourth-order valence-electron chi connectivity index (χ4n) is 4.01. The number of carbonyl (C=O) groups is 1. The van der Waals surface area contributed by atoms with E-state index in [4.69, 9.17) is 9.40 Å². The zero-order chi connectivity index (χ0) is 22.8. The summed E-state index contributed by atoms with van der Waals surface area (Å²) in [5, 5.41) is 10.1. The molecule has 1 amide bonds. The largest absolute Gasteiger partial charge is 0.424 e. The lowest BCUT2D eigenvalue weighted by atomic mass is 10.3. The van der Waals surface area contributed by atoms with Crippen molar-refractivity contribution in [1.29, 1.82) is 5.26 Å². The van der Waals surface area contributed by atoms with Crippen LogP contribution < -0.4 is 4.90 Å². The highest BCUT2D eigenvalue weighted by Crippen LogP contribution is 2.28. The van der Waals surface area contributed by atoms with E-state index in [0.29, 0.717) is 49.4 Å². The number of thioether (sulfide) groups is 1. The molecule has 0 N–H and O–H groups in total. The quantitative estimate of drug-likeness (QED) is 0.422. The van der Waals surface area contributed by atoms with Crippen LogP contribution in [0.1, 0.15) is 11.6 Å². The van der Waals surface area contributed by atoms with Gasteiger partial charge >= 0.3 is 0 Å². The first kappa shape index (κ1) is 21.1. The number of anilines is 1. The van der Waals surface area contributed by atoms with E-state index in [1.165, 1.54) is 11.8 Å². The average molecular weight is 459 g/mol. The van der Waals surface area contributed by atoms with Crippen LogP contribution >= 0.6 is 11.8 Å². The number of carbonyl (C=O) groups excluding carboxylic acids is 1. The predicted molar refractivity (Wildman–Crippen MR) is 127 cm³/mol. The molecule has 3 heterocycles. The van der Waals surface area contributed by atoms with Gasteiger partial charge in [-0.3, -0.25) is 9.36 Å². The van der Waals surface area contributed by atoms with Crippen molar-refractivity contribution in [2.75, 3.05) is 36.8 Å². The van der Waals surface area contributed by atoms with Crippen molar-refractivity contribution in [1.82, 2.24) is 19.4 Å². The summed E-state index contributed by atoms with van der Waals surface area (Å²) in [7, 11) is 0. The van der Waals surface area contributed by atoms with E-state index in [1.54, 1.807) is 6.92 Å². The molecule has 5 rings (SSSR count). The number of nitrogens with zero attached hydrogens (tertiary/aromatic N) is 6. The number of oxazole rings is 1. The molecule has 0 radical (unpaired) electrons. The summed E-state index contributed by atoms with van der Waals surface area (Å²) in [6, 6.07) is 20.1. The Morgan fingerprint density at radius 3 is 2.55 bits per heavy atom. The Kier molecular flexibility index (Phi) is 5.75. The minimum atomic E-state index is 0.0700. The minimum Gasteiger partial charge on any atom is -0.424 e. The van der Waals surface area contributed by atoms with E-state index in [2.05, 4.69) is 15.6 Å². The van der Waals surface area contributed by atoms with Crippen LogP contribution in [0.25, 0.3) is 16.7 Å². The van der Waals surface area contributed by atoms with E-state index >= 15 is 0 Å². The Hall–Kier alpha value is -3.77. The maximum absolute atomic E-state index is 13.0. The topological polar surface area (TPSA) is 91.2 Å². The third-order valence-electron chi connectivity index (χ3n) is 5.61. The van der Waals surface area contributed by atoms with Gasteiger partial charge in [-0.2, -0.15) is 5.26 Å². The van der Waals surface area contributed by atoms with Crippen molar-refractivity contribution in [3.63, 3.8) is 0 Å². The van der Waals surface area contributed by atoms with Crippen molar-refractivity contribution in [3.8, 4) is 11.8 Å². The number of rotatable bonds is 5. The highest BCUT2D eigenvalue weighted by Gasteiger charge is 2.26. The maximum Gasteiger partial charge on any atom is 0.234 e. The second-order valence-electron chi connectivity index (χ2n) is 7.71. The second kappa shape index (κ2) is 9.00. The lowest BCUT2D eigenvalue weighted by Crippen LogP contribution is -2.49. The van der Waals surface area contributed by atoms with Crippen LogP contribution in [0.4, 0.5) is 5.88 Å². The first-order valence-electron chi connectivity index (χ1n) is 10.7. The number of amides is 1. The van der Waals surface area contributed by atoms with Crippen molar-refractivity contribution >= 4 is 34.6 Å². The molecular weight excluding hydrogens is 436 g/mol. The molecule has 0 aliphatic carbocycles. The molecule has 166 valence electrons. The van der Waals surface area contributed by atoms with Gasteiger partial charge in [0.2, 0.25) is 17.5 Å². The van der Waals surface area contributed by atoms with Crippen LogP contribution in [0.2, 0.25) is 0 Å². The first-order chi connectivity index (χ1) is 16.1. The number of fused-ring (bicyclic) bond motifs is 1. The summed E-state index contributed by atoms with van der Waals surface area (Å²) < 4.78 is 7.70. The fraction of sp³-hybridized carbons (Fsp3) is 0.250. The van der Waals surface area contributed by atoms with Crippen LogP contribution in [0.3, 0.4) is 0 Å². The minimum absolute atomic E-state index is 0.0700. The average Bonchev–Trinajstić information content (AvgIpc) is 3.43. The smallest absolute Gasteiger partial charge is 0.234 e. The molecule has 9 heteroatoms. The molecule has 0 atom stereocenters. The van der Waals surface area contributed by atoms with Crippen molar-refractivity contribution in [2.24, 2.45) is 0 Å². The molecule has 1 aliphatic heterocycles. The summed E-state index contributed by atoms with van der Waals surface area (Å²) in [4.78, 5) is 25.7. The van der Waals surface area contributed by atoms with Crippen molar-refractivity contribution in [3.05, 3.63) is 66.2 Å². The molecule has 33 heavy (non-hydrogen) atoms. The van der Waals surface area contributed by atoms with E-state index in [-0.39, 0.29) is 5.91 Å². The lowest BCUT2D eigenvalue weighted by Gasteiger charge is -2.34. The molecule has 1 fully saturated rings. The molecule has 0 bridgehead atoms. The highest BCUT2D eigenvalue weighted by atomic mass is 32.2. The Morgan fingerprint density at radius 1 is 1.06 bits per heavy atom. The Balaban J connectivity index is 1.27. The Labute approximate surface area is 195 Å². The number of aryl methyl sites for hydroxylation is 1. The van der Waals surface area contributed by atoms with E-state index in [0.717, 1.165) is 21.9 Å². The van der Waals surface area contributed by atoms with Gasteiger partial charge in [0.1, 0.15) is 6.07 Å². The van der Waals surface area contributed by atoms with Crippen molar-refractivity contribution < 1.29 is 9.21 Å². The zero-order valence-electron chi connectivity index (χ0n) is 18.1. The number of aromatic nitrogens is 3. The molecule has 8 nitrogen and oxygen atoms in total. The van der Waals surface area contributed by atoms with Gasteiger partial charge in [-0.05, 0) is 24.3 Å². The fourth-order valence-corrected chi connectivity index (χ4v) is 4.94. The molecule has 1 saturated heterocycles. The van der Waals surface area contributed by atoms with Gasteiger partial charge in [-0.25, -0.2) is 9.97 Å². The summed E-state index contributed by atoms with van der Waals surface area (Å²) >= 11 is 1.45. The van der Waals surface area contributed by atoms with Gasteiger partial charge in [-0.15, -0.1) is 0 Å². The number of hydrogen-bond donors (Lipinski definition) is 0. The zero-order valence-corrected chi connectivity index (χ0v) is 19.0. The first-order valence-corrected chi connectivity index (χ1v) is 11.7. The highest BCUT2D eigenvalue weighted by molar-refractivity contribution is 7.99. The van der Waals surface area contributed by atoms with Gasteiger partial charge in [0.25, 0.3) is 0 Å². The Bertz CT molecular complexity index is 1330. The lowest BCUT2D eigenvalue weighted by molar-refractivity contribution is -0.128. The third kappa shape index (κ3) is 4.17. The molecule has 4 aromatic rings. The number of para-hydroxylation sites is 3. The summed E-state index contributed by atoms with van der Waals surface area (Å²) in [5.74, 6) is 1.34. The van der Waals surface area contributed by atoms with E-state index in [9.17, 15) is 10.1 Å². The number of hydrogen-bond acceptors (Lipinski definition) is 7. The van der Waals surface area contributed by atoms with Crippen molar-refractivity contribution in [2.45, 2.75) is 12.1 Å². The molecule has 0 spiro atoms. The van der Waals surface area contributed by atoms with Gasteiger partial charge in [0, 0.05) is 38.8 Å². The van der Waals surface area contributed by atoms with Crippen LogP contribution in [0.5, 0.6) is 0 Å². The van der Waals surface area contributed by atoms with E-state index in [1.807, 2.05) is 64.4 Å². The second-order valence-corrected chi connectivity index (χ2v) is 8.65. The Morgan fingerprint density at radius 2 is 1.79 bits per heavy atom. The van der Waals surface area contributed by atoms with Gasteiger partial charge < -0.3 is 14.2 Å². The predicted octanol–water partition coefficient (Wildman–Crippen LogP) is 3.63. The molecule has 0 unspecified atom stereocenters. The molecule has 2 aromatic heterocycles. The number of imidazole rings is 1. The van der Waals surface area contributed by atoms with Crippen LogP contribution in [-0.4, -0.2) is 57.3 Å². The normalized spacial score (nSPS) is 13.9. The molecule has 0 saturated carbocycles. The van der Waals surface area contributed by atoms with Gasteiger partial charge in [0.15, 0.2) is 11.0 Å². The summed E-state index contributed by atoms with van der Waals surface area (Å²) in [6.07, 6.45) is 0. The monoisotopic (exact) mass is 458 g/mol. The van der Waals surface area contributed by atoms with Crippen LogP contribution in [0.15, 0.2) is 64.2 Å². The number of piperazine rings is 1. The summed E-state index contributed by atoms with van der Waals surface area (Å²) in [5.41, 5.74) is 3.23. The summed E-state index contributed by atoms with van der Waals surface area (Å²) in [6.45, 7) is 4.06. The van der Waals surface area contributed by atoms with Crippen LogP contribution in [-0.2, 0) is 4.79 Å².